The molecule has 0 aliphatic carbocycles. The van der Waals surface area contributed by atoms with Crippen LogP contribution in [-0.2, 0) is 22.7 Å². The molecule has 0 bridgehead atoms. The fourth-order valence-electron chi connectivity index (χ4n) is 5.38. The number of hydrogen-bond acceptors (Lipinski definition) is 6. The van der Waals surface area contributed by atoms with Gasteiger partial charge in [0, 0.05) is 24.2 Å². The molecule has 45 heavy (non-hydrogen) atoms. The molecule has 6 aromatic rings. The molecule has 2 aromatic heterocycles. The van der Waals surface area contributed by atoms with Gasteiger partial charge >= 0.3 is 0 Å². The summed E-state index contributed by atoms with van der Waals surface area (Å²) in [5, 5.41) is 23.2. The lowest BCUT2D eigenvalue weighted by Crippen LogP contribution is -2.15. The lowest BCUT2D eigenvalue weighted by atomic mass is 10.1. The van der Waals surface area contributed by atoms with E-state index in [2.05, 4.69) is 71.1 Å². The first kappa shape index (κ1) is 29.7. The average molecular weight is 601 g/mol. The molecule has 2 heterocycles. The van der Waals surface area contributed by atoms with E-state index < -0.39 is 0 Å². The molecule has 0 fully saturated rings. The summed E-state index contributed by atoms with van der Waals surface area (Å²) in [6, 6.07) is 23.7. The maximum atomic E-state index is 12.7. The molecule has 10 nitrogen and oxygen atoms in total. The molecule has 10 heteroatoms. The third-order valence-electron chi connectivity index (χ3n) is 8.15. The number of nitrogens with one attached hydrogen (secondary N) is 2. The van der Waals surface area contributed by atoms with Gasteiger partial charge in [-0.3, -0.25) is 9.59 Å². The summed E-state index contributed by atoms with van der Waals surface area (Å²) < 4.78 is 3.74. The van der Waals surface area contributed by atoms with Crippen molar-refractivity contribution in [2.45, 2.75) is 60.0 Å². The number of hydrogen-bond donors (Lipinski definition) is 2. The van der Waals surface area contributed by atoms with Crippen LogP contribution < -0.4 is 10.6 Å². The summed E-state index contributed by atoms with van der Waals surface area (Å²) >= 11 is 0. The summed E-state index contributed by atoms with van der Waals surface area (Å²) in [6.07, 6.45) is 0.912. The molecule has 0 aliphatic heterocycles. The van der Waals surface area contributed by atoms with Crippen molar-refractivity contribution in [3.05, 3.63) is 106 Å². The zero-order valence-electron chi connectivity index (χ0n) is 26.0. The number of carbonyl (C=O) groups excluding carboxylic acids is 2. The van der Waals surface area contributed by atoms with Gasteiger partial charge in [0.2, 0.25) is 11.8 Å². The molecule has 228 valence electrons. The van der Waals surface area contributed by atoms with Crippen LogP contribution in [0.2, 0.25) is 0 Å². The summed E-state index contributed by atoms with van der Waals surface area (Å²) in [4.78, 5) is 25.3. The van der Waals surface area contributed by atoms with E-state index in [0.717, 1.165) is 33.2 Å². The van der Waals surface area contributed by atoms with Gasteiger partial charge in [0.1, 0.15) is 11.0 Å². The van der Waals surface area contributed by atoms with Crippen molar-refractivity contribution in [3.8, 4) is 0 Å². The van der Waals surface area contributed by atoms with Gasteiger partial charge in [0.15, 0.2) is 0 Å². The molecule has 2 amide bonds. The number of aromatic nitrogens is 6. The van der Waals surface area contributed by atoms with Crippen molar-refractivity contribution < 1.29 is 9.59 Å². The van der Waals surface area contributed by atoms with Crippen LogP contribution in [-0.4, -0.2) is 41.8 Å². The molecule has 0 radical (unpaired) electrons. The van der Waals surface area contributed by atoms with Crippen molar-refractivity contribution in [1.29, 1.82) is 0 Å². The second-order valence-electron chi connectivity index (χ2n) is 11.7. The first-order chi connectivity index (χ1) is 21.7. The fourth-order valence-corrected chi connectivity index (χ4v) is 5.38. The summed E-state index contributed by atoms with van der Waals surface area (Å²) in [5.74, 6) is -0.269. The monoisotopic (exact) mass is 600 g/mol. The lowest BCUT2D eigenvalue weighted by Gasteiger charge is -2.10. The summed E-state index contributed by atoms with van der Waals surface area (Å²) in [5.41, 5.74) is 11.9. The third kappa shape index (κ3) is 6.90. The largest absolute Gasteiger partial charge is 0.326 e. The SMILES string of the molecule is Cc1cc2nnn(Cc3cccc(NC(=O)CCCC(=O)Nc4cccc(Cn5nnc6cc(C)c(C)cc65)c4)c3)c2cc1C. The van der Waals surface area contributed by atoms with Crippen LogP contribution >= 0.6 is 0 Å². The number of amides is 2. The van der Waals surface area contributed by atoms with Crippen molar-refractivity contribution in [2.24, 2.45) is 0 Å². The molecular weight excluding hydrogens is 564 g/mol. The van der Waals surface area contributed by atoms with Crippen molar-refractivity contribution in [1.82, 2.24) is 30.0 Å². The molecule has 2 N–H and O–H groups in total. The minimum absolute atomic E-state index is 0.134. The first-order valence-electron chi connectivity index (χ1n) is 15.1. The van der Waals surface area contributed by atoms with Gasteiger partial charge in [-0.15, -0.1) is 10.2 Å². The van der Waals surface area contributed by atoms with E-state index in [0.29, 0.717) is 30.9 Å². The lowest BCUT2D eigenvalue weighted by molar-refractivity contribution is -0.117. The van der Waals surface area contributed by atoms with Crippen molar-refractivity contribution >= 4 is 45.3 Å². The zero-order chi connectivity index (χ0) is 31.5. The van der Waals surface area contributed by atoms with E-state index in [1.54, 1.807) is 0 Å². The van der Waals surface area contributed by atoms with E-state index in [-0.39, 0.29) is 24.7 Å². The maximum Gasteiger partial charge on any atom is 0.224 e. The van der Waals surface area contributed by atoms with Gasteiger partial charge in [-0.2, -0.15) is 0 Å². The Morgan fingerprint density at radius 3 is 1.47 bits per heavy atom. The minimum Gasteiger partial charge on any atom is -0.326 e. The van der Waals surface area contributed by atoms with Gasteiger partial charge in [0.25, 0.3) is 0 Å². The van der Waals surface area contributed by atoms with Gasteiger partial charge in [-0.05, 0) is 116 Å². The topological polar surface area (TPSA) is 120 Å². The van der Waals surface area contributed by atoms with Crippen LogP contribution in [0.4, 0.5) is 11.4 Å². The van der Waals surface area contributed by atoms with Crippen LogP contribution in [0.1, 0.15) is 52.6 Å². The number of aryl methyl sites for hydroxylation is 4. The van der Waals surface area contributed by atoms with E-state index in [4.69, 9.17) is 0 Å². The predicted molar refractivity (Wildman–Crippen MR) is 176 cm³/mol. The normalized spacial score (nSPS) is 11.3. The Morgan fingerprint density at radius 1 is 0.600 bits per heavy atom. The Kier molecular flexibility index (Phi) is 8.37. The van der Waals surface area contributed by atoms with Crippen molar-refractivity contribution in [3.63, 3.8) is 0 Å². The van der Waals surface area contributed by atoms with Crippen LogP contribution in [0.5, 0.6) is 0 Å². The average Bonchev–Trinajstić information content (AvgIpc) is 3.56. The minimum atomic E-state index is -0.134. The Hall–Kier alpha value is -5.38. The number of nitrogens with zero attached hydrogens (tertiary/aromatic N) is 6. The van der Waals surface area contributed by atoms with Crippen LogP contribution in [0, 0.1) is 27.7 Å². The Morgan fingerprint density at radius 2 is 1.02 bits per heavy atom. The Labute approximate surface area is 261 Å². The number of carbonyl (C=O) groups is 2. The first-order valence-corrected chi connectivity index (χ1v) is 15.1. The Bertz CT molecular complexity index is 1900. The second kappa shape index (κ2) is 12.7. The number of rotatable bonds is 10. The van der Waals surface area contributed by atoms with Gasteiger partial charge in [-0.25, -0.2) is 9.36 Å². The standard InChI is InChI=1S/C35H36N8O2/c1-22-14-30-32(16-24(22)3)42(40-38-30)20-26-8-5-10-28(18-26)36-34(44)12-7-13-35(45)37-29-11-6-9-27(19-29)21-43-33-17-25(4)23(2)15-31(33)39-41-43/h5-6,8-11,14-19H,7,12-13,20-21H2,1-4H3,(H,36,44)(H,37,45). The van der Waals surface area contributed by atoms with E-state index in [1.807, 2.05) is 70.0 Å². The second-order valence-corrected chi connectivity index (χ2v) is 11.7. The highest BCUT2D eigenvalue weighted by atomic mass is 16.2. The van der Waals surface area contributed by atoms with Gasteiger partial charge in [-0.1, -0.05) is 34.7 Å². The van der Waals surface area contributed by atoms with Crippen LogP contribution in [0.3, 0.4) is 0 Å². The van der Waals surface area contributed by atoms with Crippen molar-refractivity contribution in [2.75, 3.05) is 10.6 Å². The predicted octanol–water partition coefficient (Wildman–Crippen LogP) is 6.25. The Balaban J connectivity index is 0.989. The molecule has 0 saturated carbocycles. The van der Waals surface area contributed by atoms with E-state index >= 15 is 0 Å². The molecule has 0 unspecified atom stereocenters. The highest BCUT2D eigenvalue weighted by Crippen LogP contribution is 2.21. The zero-order valence-corrected chi connectivity index (χ0v) is 26.0. The number of anilines is 2. The maximum absolute atomic E-state index is 12.7. The smallest absolute Gasteiger partial charge is 0.224 e. The van der Waals surface area contributed by atoms with Gasteiger partial charge < -0.3 is 10.6 Å². The fraction of sp³-hybridized carbons (Fsp3) is 0.257. The number of benzene rings is 4. The number of fused-ring (bicyclic) bond motifs is 2. The molecule has 6 rings (SSSR count). The molecular formula is C35H36N8O2. The quantitative estimate of drug-likeness (QED) is 0.192. The molecule has 0 aliphatic rings. The molecule has 0 spiro atoms. The van der Waals surface area contributed by atoms with Crippen LogP contribution in [0.15, 0.2) is 72.8 Å². The van der Waals surface area contributed by atoms with Gasteiger partial charge in [0.05, 0.1) is 24.1 Å². The van der Waals surface area contributed by atoms with Crippen LogP contribution in [0.25, 0.3) is 22.1 Å². The molecule has 0 atom stereocenters. The summed E-state index contributed by atoms with van der Waals surface area (Å²) in [6.45, 7) is 9.37. The molecule has 4 aromatic carbocycles. The molecule has 0 saturated heterocycles. The van der Waals surface area contributed by atoms with E-state index in [1.165, 1.54) is 22.3 Å². The van der Waals surface area contributed by atoms with E-state index in [9.17, 15) is 9.59 Å². The third-order valence-corrected chi connectivity index (χ3v) is 8.15. The highest BCUT2D eigenvalue weighted by Gasteiger charge is 2.11. The summed E-state index contributed by atoms with van der Waals surface area (Å²) in [7, 11) is 0. The highest BCUT2D eigenvalue weighted by molar-refractivity contribution is 5.93.